The van der Waals surface area contributed by atoms with Crippen LogP contribution in [-0.4, -0.2) is 18.5 Å². The van der Waals surface area contributed by atoms with Crippen LogP contribution in [0, 0.1) is 6.92 Å². The number of benzene rings is 1. The molecule has 0 saturated carbocycles. The molecule has 0 N–H and O–H groups in total. The zero-order valence-electron chi connectivity index (χ0n) is 15.2. The van der Waals surface area contributed by atoms with Gasteiger partial charge in [-0.05, 0) is 0 Å². The standard InChI is InChI=1S/C20H36ClP/c1-5-8-15-22(21,16-9-6-2,17-10-7-3)18-20-13-11-19(4)12-14-20/h11-14H,5-10,15-18H2,1-4H3. The molecule has 1 rings (SSSR count). The average molecular weight is 343 g/mol. The van der Waals surface area contributed by atoms with Crippen LogP contribution in [0.4, 0.5) is 0 Å². The van der Waals surface area contributed by atoms with Gasteiger partial charge in [0.2, 0.25) is 0 Å². The van der Waals surface area contributed by atoms with Crippen LogP contribution in [-0.2, 0) is 6.16 Å². The van der Waals surface area contributed by atoms with Gasteiger partial charge in [-0.25, -0.2) is 0 Å². The summed E-state index contributed by atoms with van der Waals surface area (Å²) in [5, 5.41) is 0. The summed E-state index contributed by atoms with van der Waals surface area (Å²) in [6, 6.07) is 9.10. The van der Waals surface area contributed by atoms with Gasteiger partial charge < -0.3 is 0 Å². The van der Waals surface area contributed by atoms with Crippen LogP contribution in [0.5, 0.6) is 0 Å². The average Bonchev–Trinajstić information content (AvgIpc) is 2.52. The van der Waals surface area contributed by atoms with Gasteiger partial charge in [-0.15, -0.1) is 0 Å². The van der Waals surface area contributed by atoms with Gasteiger partial charge in [-0.2, -0.15) is 0 Å². The summed E-state index contributed by atoms with van der Waals surface area (Å²) in [5.74, 6) is -2.13. The van der Waals surface area contributed by atoms with E-state index in [1.165, 1.54) is 68.1 Å². The van der Waals surface area contributed by atoms with Crippen LogP contribution in [0.3, 0.4) is 0 Å². The van der Waals surface area contributed by atoms with Gasteiger partial charge in [0.05, 0.1) is 0 Å². The zero-order chi connectivity index (χ0) is 16.5. The summed E-state index contributed by atoms with van der Waals surface area (Å²) in [6.45, 7) is 9.05. The molecule has 128 valence electrons. The third-order valence-corrected chi connectivity index (χ3v) is 12.2. The van der Waals surface area contributed by atoms with Crippen molar-refractivity contribution < 1.29 is 0 Å². The van der Waals surface area contributed by atoms with E-state index in [1.807, 2.05) is 0 Å². The second kappa shape index (κ2) is 9.29. The van der Waals surface area contributed by atoms with Crippen molar-refractivity contribution in [1.29, 1.82) is 0 Å². The second-order valence-electron chi connectivity index (χ2n) is 7.19. The predicted molar refractivity (Wildman–Crippen MR) is 107 cm³/mol. The quantitative estimate of drug-likeness (QED) is 0.363. The first-order chi connectivity index (χ1) is 10.5. The molecule has 1 aromatic carbocycles. The van der Waals surface area contributed by atoms with Crippen LogP contribution in [0.15, 0.2) is 24.3 Å². The van der Waals surface area contributed by atoms with Gasteiger partial charge >= 0.3 is 143 Å². The molecule has 0 aliphatic carbocycles. The van der Waals surface area contributed by atoms with Crippen molar-refractivity contribution in [3.8, 4) is 0 Å². The molecule has 0 fully saturated rings. The van der Waals surface area contributed by atoms with Gasteiger partial charge in [-0.3, -0.25) is 0 Å². The maximum absolute atomic E-state index is 7.64. The fraction of sp³-hybridized carbons (Fsp3) is 0.700. The Hall–Kier alpha value is -0.0600. The van der Waals surface area contributed by atoms with Gasteiger partial charge in [-0.1, -0.05) is 0 Å². The maximum atomic E-state index is 7.64. The summed E-state index contributed by atoms with van der Waals surface area (Å²) in [4.78, 5) is 0. The van der Waals surface area contributed by atoms with E-state index in [4.69, 9.17) is 11.2 Å². The van der Waals surface area contributed by atoms with Gasteiger partial charge in [0.15, 0.2) is 0 Å². The molecule has 0 aliphatic heterocycles. The van der Waals surface area contributed by atoms with Crippen LogP contribution >= 0.6 is 17.2 Å². The van der Waals surface area contributed by atoms with Gasteiger partial charge in [0.1, 0.15) is 0 Å². The molecule has 0 unspecified atom stereocenters. The van der Waals surface area contributed by atoms with Crippen molar-refractivity contribution in [2.75, 3.05) is 18.5 Å². The van der Waals surface area contributed by atoms with E-state index < -0.39 is 5.96 Å². The Kier molecular flexibility index (Phi) is 8.44. The Morgan fingerprint density at radius 2 is 1.18 bits per heavy atom. The Balaban J connectivity index is 3.05. The summed E-state index contributed by atoms with van der Waals surface area (Å²) in [7, 11) is 0. The van der Waals surface area contributed by atoms with Crippen molar-refractivity contribution in [2.45, 2.75) is 72.4 Å². The molecular weight excluding hydrogens is 307 g/mol. The topological polar surface area (TPSA) is 0 Å². The van der Waals surface area contributed by atoms with Crippen LogP contribution in [0.2, 0.25) is 0 Å². The normalized spacial score (nSPS) is 13.8. The molecule has 1 aromatic rings. The van der Waals surface area contributed by atoms with E-state index in [0.29, 0.717) is 0 Å². The van der Waals surface area contributed by atoms with Crippen molar-refractivity contribution in [3.05, 3.63) is 35.4 Å². The van der Waals surface area contributed by atoms with Crippen molar-refractivity contribution in [2.24, 2.45) is 0 Å². The first-order valence-corrected chi connectivity index (χ1v) is 13.1. The second-order valence-corrected chi connectivity index (χ2v) is 15.4. The van der Waals surface area contributed by atoms with Crippen LogP contribution < -0.4 is 0 Å². The fourth-order valence-electron chi connectivity index (χ4n) is 3.38. The zero-order valence-corrected chi connectivity index (χ0v) is 16.9. The van der Waals surface area contributed by atoms with E-state index in [0.717, 1.165) is 6.16 Å². The van der Waals surface area contributed by atoms with Gasteiger partial charge in [0.25, 0.3) is 0 Å². The molecule has 0 nitrogen and oxygen atoms in total. The molecule has 0 amide bonds. The molecule has 0 saturated heterocycles. The van der Waals surface area contributed by atoms with Crippen LogP contribution in [0.1, 0.15) is 70.4 Å². The number of hydrogen-bond donors (Lipinski definition) is 0. The molecular formula is C20H36ClP. The Morgan fingerprint density at radius 3 is 1.55 bits per heavy atom. The molecule has 0 aromatic heterocycles. The first kappa shape index (κ1) is 20.0. The molecule has 0 atom stereocenters. The minimum absolute atomic E-state index is 1.15. The minimum atomic E-state index is -2.13. The third-order valence-electron chi connectivity index (χ3n) is 4.91. The summed E-state index contributed by atoms with van der Waals surface area (Å²) < 4.78 is 0. The van der Waals surface area contributed by atoms with E-state index in [-0.39, 0.29) is 0 Å². The molecule has 0 aliphatic rings. The van der Waals surface area contributed by atoms with E-state index in [9.17, 15) is 0 Å². The monoisotopic (exact) mass is 342 g/mol. The SMILES string of the molecule is CCCCP(Cl)(CCCC)(CCCC)Cc1ccc(C)cc1. The van der Waals surface area contributed by atoms with Crippen molar-refractivity contribution >= 4 is 17.2 Å². The number of unbranched alkanes of at least 4 members (excludes halogenated alkanes) is 3. The number of rotatable bonds is 11. The van der Waals surface area contributed by atoms with E-state index in [2.05, 4.69) is 52.0 Å². The molecule has 0 bridgehead atoms. The van der Waals surface area contributed by atoms with Crippen LogP contribution in [0.25, 0.3) is 0 Å². The Morgan fingerprint density at radius 1 is 0.773 bits per heavy atom. The molecule has 0 radical (unpaired) electrons. The Bertz CT molecular complexity index is 399. The number of hydrogen-bond acceptors (Lipinski definition) is 0. The summed E-state index contributed by atoms with van der Waals surface area (Å²) >= 11 is 7.64. The fourth-order valence-corrected chi connectivity index (χ4v) is 10.5. The predicted octanol–water partition coefficient (Wildman–Crippen LogP) is 7.60. The van der Waals surface area contributed by atoms with E-state index in [1.54, 1.807) is 0 Å². The molecule has 0 spiro atoms. The summed E-state index contributed by atoms with van der Waals surface area (Å²) in [6.07, 6.45) is 12.6. The number of halogens is 1. The molecule has 0 heterocycles. The first-order valence-electron chi connectivity index (χ1n) is 9.23. The van der Waals surface area contributed by atoms with Crippen molar-refractivity contribution in [3.63, 3.8) is 0 Å². The third kappa shape index (κ3) is 6.21. The molecule has 22 heavy (non-hydrogen) atoms. The van der Waals surface area contributed by atoms with Crippen molar-refractivity contribution in [1.82, 2.24) is 0 Å². The van der Waals surface area contributed by atoms with E-state index >= 15 is 0 Å². The molecule has 2 heteroatoms. The summed E-state index contributed by atoms with van der Waals surface area (Å²) in [5.41, 5.74) is 2.80. The van der Waals surface area contributed by atoms with Gasteiger partial charge in [0, 0.05) is 0 Å². The Labute approximate surface area is 143 Å². The number of aryl methyl sites for hydroxylation is 1.